The molecule has 0 aromatic heterocycles. The molecule has 35 heavy (non-hydrogen) atoms. The SMILES string of the molecule is O=C(/C=C/c1cccc([N+](=O)[O-])c1)N1CCC(CN2C(=O)c3cccc4cccc(c34)C2=O)CC1. The molecule has 1 fully saturated rings. The quantitative estimate of drug-likeness (QED) is 0.240. The fourth-order valence-electron chi connectivity index (χ4n) is 4.86. The van der Waals surface area contributed by atoms with Crippen LogP contribution in [0.3, 0.4) is 0 Å². The van der Waals surface area contributed by atoms with E-state index in [1.807, 2.05) is 24.3 Å². The lowest BCUT2D eigenvalue weighted by Gasteiger charge is -2.35. The monoisotopic (exact) mass is 469 g/mol. The van der Waals surface area contributed by atoms with Crippen LogP contribution in [0.1, 0.15) is 39.1 Å². The van der Waals surface area contributed by atoms with Gasteiger partial charge in [-0.15, -0.1) is 0 Å². The second-order valence-electron chi connectivity index (χ2n) is 8.88. The van der Waals surface area contributed by atoms with Crippen LogP contribution in [0.5, 0.6) is 0 Å². The summed E-state index contributed by atoms with van der Waals surface area (Å²) in [5.41, 5.74) is 1.66. The molecule has 2 heterocycles. The zero-order valence-electron chi connectivity index (χ0n) is 18.9. The summed E-state index contributed by atoms with van der Waals surface area (Å²) in [5.74, 6) is -0.590. The van der Waals surface area contributed by atoms with Gasteiger partial charge in [0.15, 0.2) is 0 Å². The Balaban J connectivity index is 1.22. The lowest BCUT2D eigenvalue weighted by molar-refractivity contribution is -0.384. The van der Waals surface area contributed by atoms with Crippen LogP contribution < -0.4 is 0 Å². The highest BCUT2D eigenvalue weighted by Crippen LogP contribution is 2.31. The molecule has 2 aliphatic rings. The van der Waals surface area contributed by atoms with Gasteiger partial charge in [-0.2, -0.15) is 0 Å². The van der Waals surface area contributed by atoms with Crippen molar-refractivity contribution in [3.05, 3.63) is 93.5 Å². The van der Waals surface area contributed by atoms with E-state index in [4.69, 9.17) is 0 Å². The largest absolute Gasteiger partial charge is 0.339 e. The highest BCUT2D eigenvalue weighted by molar-refractivity contribution is 6.25. The number of benzene rings is 3. The van der Waals surface area contributed by atoms with Crippen LogP contribution >= 0.6 is 0 Å². The molecule has 0 radical (unpaired) electrons. The zero-order chi connectivity index (χ0) is 24.5. The van der Waals surface area contributed by atoms with E-state index in [9.17, 15) is 24.5 Å². The van der Waals surface area contributed by atoms with Gasteiger partial charge in [0, 0.05) is 54.4 Å². The number of nitro benzene ring substituents is 1. The maximum absolute atomic E-state index is 13.1. The second kappa shape index (κ2) is 9.13. The summed E-state index contributed by atoms with van der Waals surface area (Å²) in [5, 5.41) is 12.5. The number of hydrogen-bond donors (Lipinski definition) is 0. The normalized spacial score (nSPS) is 16.3. The molecule has 3 amide bonds. The van der Waals surface area contributed by atoms with Gasteiger partial charge in [-0.3, -0.25) is 29.4 Å². The summed E-state index contributed by atoms with van der Waals surface area (Å²) in [4.78, 5) is 52.4. The number of nitrogens with zero attached hydrogens (tertiary/aromatic N) is 3. The van der Waals surface area contributed by atoms with Crippen LogP contribution in [-0.2, 0) is 4.79 Å². The average molecular weight is 469 g/mol. The van der Waals surface area contributed by atoms with E-state index in [1.54, 1.807) is 35.2 Å². The summed E-state index contributed by atoms with van der Waals surface area (Å²) in [6.45, 7) is 1.37. The minimum atomic E-state index is -0.471. The Morgan fingerprint density at radius 3 is 2.23 bits per heavy atom. The second-order valence-corrected chi connectivity index (χ2v) is 8.88. The molecule has 0 saturated carbocycles. The van der Waals surface area contributed by atoms with Crippen molar-refractivity contribution in [2.45, 2.75) is 12.8 Å². The van der Waals surface area contributed by atoms with Crippen LogP contribution in [0.2, 0.25) is 0 Å². The molecule has 2 aliphatic heterocycles. The number of likely N-dealkylation sites (tertiary alicyclic amines) is 1. The zero-order valence-corrected chi connectivity index (χ0v) is 18.9. The molecule has 0 bridgehead atoms. The van der Waals surface area contributed by atoms with E-state index in [2.05, 4.69) is 0 Å². The smallest absolute Gasteiger partial charge is 0.270 e. The lowest BCUT2D eigenvalue weighted by Crippen LogP contribution is -2.46. The van der Waals surface area contributed by atoms with Crippen molar-refractivity contribution in [2.24, 2.45) is 5.92 Å². The van der Waals surface area contributed by atoms with Gasteiger partial charge in [0.2, 0.25) is 5.91 Å². The molecular weight excluding hydrogens is 446 g/mol. The van der Waals surface area contributed by atoms with E-state index in [-0.39, 0.29) is 29.3 Å². The standard InChI is InChI=1S/C27H23N3O5/c31-24(11-10-18-4-1-7-21(16-18)30(34)35)28-14-12-19(13-15-28)17-29-26(32)22-8-2-5-20-6-3-9-23(25(20)22)27(29)33/h1-11,16,19H,12-15,17H2/b11-10+. The summed E-state index contributed by atoms with van der Waals surface area (Å²) >= 11 is 0. The molecule has 0 aliphatic carbocycles. The number of carbonyl (C=O) groups is 3. The predicted molar refractivity (Wildman–Crippen MR) is 131 cm³/mol. The number of amides is 3. The lowest BCUT2D eigenvalue weighted by atomic mass is 9.91. The number of nitro groups is 1. The van der Waals surface area contributed by atoms with Crippen molar-refractivity contribution >= 4 is 40.3 Å². The van der Waals surface area contributed by atoms with E-state index in [0.717, 1.165) is 10.8 Å². The van der Waals surface area contributed by atoms with Crippen LogP contribution in [0, 0.1) is 16.0 Å². The number of imide groups is 1. The topological polar surface area (TPSA) is 101 Å². The van der Waals surface area contributed by atoms with E-state index < -0.39 is 4.92 Å². The van der Waals surface area contributed by atoms with E-state index >= 15 is 0 Å². The van der Waals surface area contributed by atoms with Gasteiger partial charge >= 0.3 is 0 Å². The molecule has 0 unspecified atom stereocenters. The van der Waals surface area contributed by atoms with Gasteiger partial charge in [0.25, 0.3) is 17.5 Å². The molecule has 3 aromatic carbocycles. The first-order valence-corrected chi connectivity index (χ1v) is 11.5. The van der Waals surface area contributed by atoms with Gasteiger partial charge in [-0.1, -0.05) is 36.4 Å². The molecule has 8 nitrogen and oxygen atoms in total. The number of hydrogen-bond acceptors (Lipinski definition) is 5. The summed E-state index contributed by atoms with van der Waals surface area (Å²) in [6.07, 6.45) is 4.36. The number of non-ortho nitro benzene ring substituents is 1. The molecule has 0 spiro atoms. The average Bonchev–Trinajstić information content (AvgIpc) is 2.88. The summed E-state index contributed by atoms with van der Waals surface area (Å²) in [6, 6.07) is 17.1. The number of piperidine rings is 1. The molecular formula is C27H23N3O5. The van der Waals surface area contributed by atoms with E-state index in [1.165, 1.54) is 23.1 Å². The highest BCUT2D eigenvalue weighted by atomic mass is 16.6. The summed E-state index contributed by atoms with van der Waals surface area (Å²) in [7, 11) is 0. The fourth-order valence-corrected chi connectivity index (χ4v) is 4.86. The third kappa shape index (κ3) is 4.30. The minimum Gasteiger partial charge on any atom is -0.339 e. The molecule has 5 rings (SSSR count). The summed E-state index contributed by atoms with van der Waals surface area (Å²) < 4.78 is 0. The Labute approximate surface area is 201 Å². The Kier molecular flexibility index (Phi) is 5.86. The Morgan fingerprint density at radius 2 is 1.60 bits per heavy atom. The highest BCUT2D eigenvalue weighted by Gasteiger charge is 2.35. The number of carbonyl (C=O) groups excluding carboxylic acids is 3. The van der Waals surface area contributed by atoms with Gasteiger partial charge in [0.1, 0.15) is 0 Å². The Hall–Kier alpha value is -4.33. The minimum absolute atomic E-state index is 0.0268. The molecule has 1 saturated heterocycles. The van der Waals surface area contributed by atoms with Crippen LogP contribution in [0.15, 0.2) is 66.7 Å². The molecule has 3 aromatic rings. The van der Waals surface area contributed by atoms with Crippen LogP contribution in [0.25, 0.3) is 16.8 Å². The van der Waals surface area contributed by atoms with Gasteiger partial charge in [-0.05, 0) is 47.9 Å². The Bertz CT molecular complexity index is 1340. The molecule has 176 valence electrons. The first-order valence-electron chi connectivity index (χ1n) is 11.5. The van der Waals surface area contributed by atoms with Crippen molar-refractivity contribution in [1.29, 1.82) is 0 Å². The molecule has 8 heteroatoms. The fraction of sp³-hybridized carbons (Fsp3) is 0.222. The van der Waals surface area contributed by atoms with E-state index in [0.29, 0.717) is 49.2 Å². The number of rotatable bonds is 5. The molecule has 0 N–H and O–H groups in total. The Morgan fingerprint density at radius 1 is 0.971 bits per heavy atom. The van der Waals surface area contributed by atoms with Crippen molar-refractivity contribution < 1.29 is 19.3 Å². The predicted octanol–water partition coefficient (Wildman–Crippen LogP) is 4.30. The van der Waals surface area contributed by atoms with Crippen molar-refractivity contribution in [1.82, 2.24) is 9.80 Å². The van der Waals surface area contributed by atoms with Crippen molar-refractivity contribution in [2.75, 3.05) is 19.6 Å². The first kappa shape index (κ1) is 22.5. The van der Waals surface area contributed by atoms with Crippen molar-refractivity contribution in [3.8, 4) is 0 Å². The molecule has 0 atom stereocenters. The van der Waals surface area contributed by atoms with Gasteiger partial charge in [-0.25, -0.2) is 0 Å². The van der Waals surface area contributed by atoms with Crippen LogP contribution in [0.4, 0.5) is 5.69 Å². The van der Waals surface area contributed by atoms with Gasteiger partial charge < -0.3 is 4.90 Å². The third-order valence-corrected chi connectivity index (χ3v) is 6.72. The van der Waals surface area contributed by atoms with Gasteiger partial charge in [0.05, 0.1) is 4.92 Å². The first-order chi connectivity index (χ1) is 16.9. The maximum atomic E-state index is 13.1. The van der Waals surface area contributed by atoms with Crippen LogP contribution in [-0.4, -0.2) is 52.1 Å². The van der Waals surface area contributed by atoms with Crippen molar-refractivity contribution in [3.63, 3.8) is 0 Å². The maximum Gasteiger partial charge on any atom is 0.270 e. The third-order valence-electron chi connectivity index (χ3n) is 6.72.